The maximum Gasteiger partial charge on any atom is 0.0431 e. The summed E-state index contributed by atoms with van der Waals surface area (Å²) in [6, 6.07) is 0.646. The van der Waals surface area contributed by atoms with E-state index in [9.17, 15) is 0 Å². The van der Waals surface area contributed by atoms with Gasteiger partial charge in [-0.2, -0.15) is 0 Å². The lowest BCUT2D eigenvalue weighted by Crippen LogP contribution is -2.29. The van der Waals surface area contributed by atoms with Crippen molar-refractivity contribution >= 4 is 23.2 Å². The molecule has 1 rings (SSSR count). The van der Waals surface area contributed by atoms with Crippen LogP contribution in [0.25, 0.3) is 0 Å². The number of nitrogens with one attached hydrogen (secondary N) is 1. The Labute approximate surface area is 90.5 Å². The Kier molecular flexibility index (Phi) is 5.85. The van der Waals surface area contributed by atoms with Crippen LogP contribution in [0.3, 0.4) is 0 Å². The molecule has 0 saturated heterocycles. The van der Waals surface area contributed by atoms with Crippen LogP contribution in [0, 0.1) is 0 Å². The van der Waals surface area contributed by atoms with E-state index < -0.39 is 0 Å². The van der Waals surface area contributed by atoms with Crippen molar-refractivity contribution in [3.05, 3.63) is 10.6 Å². The summed E-state index contributed by atoms with van der Waals surface area (Å²) < 4.78 is 0. The Bertz CT molecular complexity index is 160. The Morgan fingerprint density at radius 2 is 1.85 bits per heavy atom. The zero-order valence-electron chi connectivity index (χ0n) is 7.86. The summed E-state index contributed by atoms with van der Waals surface area (Å²) >= 11 is 11.3. The van der Waals surface area contributed by atoms with E-state index in [1.165, 1.54) is 44.1 Å². The van der Waals surface area contributed by atoms with E-state index in [1.54, 1.807) is 0 Å². The van der Waals surface area contributed by atoms with Crippen molar-refractivity contribution in [2.45, 2.75) is 44.6 Å². The van der Waals surface area contributed by atoms with E-state index in [0.717, 1.165) is 6.54 Å². The largest absolute Gasteiger partial charge is 0.309 e. The first-order chi connectivity index (χ1) is 6.33. The van der Waals surface area contributed by atoms with Gasteiger partial charge in [0.05, 0.1) is 0 Å². The average molecular weight is 222 g/mol. The maximum atomic E-state index is 5.79. The van der Waals surface area contributed by atoms with Gasteiger partial charge >= 0.3 is 0 Å². The first-order valence-electron chi connectivity index (χ1n) is 5.01. The second kappa shape index (κ2) is 6.69. The van der Waals surface area contributed by atoms with Crippen molar-refractivity contribution in [1.82, 2.24) is 5.32 Å². The van der Waals surface area contributed by atoms with Gasteiger partial charge < -0.3 is 5.32 Å². The maximum absolute atomic E-state index is 5.79. The van der Waals surface area contributed by atoms with Crippen molar-refractivity contribution in [3.63, 3.8) is 0 Å². The summed E-state index contributed by atoms with van der Waals surface area (Å²) in [5.41, 5.74) is 1.44. The molecule has 13 heavy (non-hydrogen) atoms. The molecular weight excluding hydrogens is 205 g/mol. The molecule has 0 heterocycles. The van der Waals surface area contributed by atoms with E-state index in [1.807, 2.05) is 0 Å². The number of halogens is 2. The highest BCUT2D eigenvalue weighted by atomic mass is 35.5. The minimum absolute atomic E-state index is 0.646. The third-order valence-corrected chi connectivity index (χ3v) is 3.15. The summed E-state index contributed by atoms with van der Waals surface area (Å²) in [6.45, 7) is 0.718. The molecule has 1 fully saturated rings. The lowest BCUT2D eigenvalue weighted by molar-refractivity contribution is 0.480. The minimum Gasteiger partial charge on any atom is -0.309 e. The number of hydrogen-bond acceptors (Lipinski definition) is 1. The van der Waals surface area contributed by atoms with Crippen LogP contribution in [0.5, 0.6) is 0 Å². The minimum atomic E-state index is 0.646. The van der Waals surface area contributed by atoms with Crippen molar-refractivity contribution < 1.29 is 0 Å². The molecule has 1 N–H and O–H groups in total. The molecule has 0 aromatic heterocycles. The molecule has 0 radical (unpaired) electrons. The zero-order valence-corrected chi connectivity index (χ0v) is 9.37. The summed E-state index contributed by atoms with van der Waals surface area (Å²) in [7, 11) is 0. The highest BCUT2D eigenvalue weighted by Crippen LogP contribution is 2.17. The highest BCUT2D eigenvalue weighted by Gasteiger charge is 2.10. The molecule has 0 aliphatic heterocycles. The monoisotopic (exact) mass is 221 g/mol. The van der Waals surface area contributed by atoms with Crippen LogP contribution in [-0.2, 0) is 0 Å². The van der Waals surface area contributed by atoms with E-state index in [-0.39, 0.29) is 0 Å². The molecule has 3 heteroatoms. The topological polar surface area (TPSA) is 12.0 Å². The lowest BCUT2D eigenvalue weighted by atomic mass is 10.1. The molecule has 0 atom stereocenters. The third kappa shape index (κ3) is 4.90. The fourth-order valence-electron chi connectivity index (χ4n) is 1.76. The molecule has 0 spiro atoms. The van der Waals surface area contributed by atoms with Gasteiger partial charge in [0.1, 0.15) is 0 Å². The third-order valence-electron chi connectivity index (χ3n) is 2.53. The molecule has 0 bridgehead atoms. The van der Waals surface area contributed by atoms with Gasteiger partial charge in [0, 0.05) is 23.2 Å². The standard InChI is InChI=1S/C10H17Cl2N/c11-7-9(12)8-13-10-5-3-1-2-4-6-10/h7,10,13H,1-6,8H2/b9-7+. The smallest absolute Gasteiger partial charge is 0.0431 e. The van der Waals surface area contributed by atoms with Crippen LogP contribution < -0.4 is 5.32 Å². The van der Waals surface area contributed by atoms with Crippen molar-refractivity contribution in [2.24, 2.45) is 0 Å². The van der Waals surface area contributed by atoms with E-state index in [4.69, 9.17) is 23.2 Å². The Balaban J connectivity index is 2.19. The molecule has 0 aromatic carbocycles. The average Bonchev–Trinajstić information content (AvgIpc) is 2.42. The normalized spacial score (nSPS) is 21.5. The molecule has 0 amide bonds. The zero-order chi connectivity index (χ0) is 9.52. The predicted octanol–water partition coefficient (Wildman–Crippen LogP) is 3.62. The second-order valence-electron chi connectivity index (χ2n) is 3.63. The van der Waals surface area contributed by atoms with Gasteiger partial charge in [-0.05, 0) is 12.8 Å². The molecule has 1 aliphatic carbocycles. The van der Waals surface area contributed by atoms with Gasteiger partial charge in [0.15, 0.2) is 0 Å². The predicted molar refractivity (Wildman–Crippen MR) is 59.3 cm³/mol. The van der Waals surface area contributed by atoms with Crippen LogP contribution in [0.2, 0.25) is 0 Å². The Hall–Kier alpha value is 0.280. The van der Waals surface area contributed by atoms with Crippen LogP contribution in [-0.4, -0.2) is 12.6 Å². The van der Waals surface area contributed by atoms with Crippen LogP contribution >= 0.6 is 23.2 Å². The van der Waals surface area contributed by atoms with E-state index in [0.29, 0.717) is 11.1 Å². The van der Waals surface area contributed by atoms with E-state index >= 15 is 0 Å². The van der Waals surface area contributed by atoms with Gasteiger partial charge in [-0.1, -0.05) is 48.9 Å². The molecule has 1 nitrogen and oxygen atoms in total. The van der Waals surface area contributed by atoms with Crippen molar-refractivity contribution in [2.75, 3.05) is 6.54 Å². The lowest BCUT2D eigenvalue weighted by Gasteiger charge is -2.15. The van der Waals surface area contributed by atoms with Gasteiger partial charge in [0.25, 0.3) is 0 Å². The van der Waals surface area contributed by atoms with Gasteiger partial charge in [-0.3, -0.25) is 0 Å². The molecule has 1 saturated carbocycles. The van der Waals surface area contributed by atoms with Gasteiger partial charge in [0.2, 0.25) is 0 Å². The molecule has 1 aliphatic rings. The number of hydrogen-bond donors (Lipinski definition) is 1. The van der Waals surface area contributed by atoms with Gasteiger partial charge in [-0.25, -0.2) is 0 Å². The molecule has 76 valence electrons. The molecule has 0 unspecified atom stereocenters. The van der Waals surface area contributed by atoms with Crippen molar-refractivity contribution in [1.29, 1.82) is 0 Å². The highest BCUT2D eigenvalue weighted by molar-refractivity contribution is 6.36. The summed E-state index contributed by atoms with van der Waals surface area (Å²) in [4.78, 5) is 0. The quantitative estimate of drug-likeness (QED) is 0.719. The van der Waals surface area contributed by atoms with Crippen LogP contribution in [0.4, 0.5) is 0 Å². The fraction of sp³-hybridized carbons (Fsp3) is 0.800. The summed E-state index contributed by atoms with van der Waals surface area (Å²) in [5.74, 6) is 0. The first-order valence-corrected chi connectivity index (χ1v) is 5.82. The Morgan fingerprint density at radius 3 is 2.38 bits per heavy atom. The van der Waals surface area contributed by atoms with Gasteiger partial charge in [-0.15, -0.1) is 0 Å². The van der Waals surface area contributed by atoms with E-state index in [2.05, 4.69) is 5.32 Å². The van der Waals surface area contributed by atoms with Crippen molar-refractivity contribution in [3.8, 4) is 0 Å². The first kappa shape index (κ1) is 11.4. The SMILES string of the molecule is Cl/C=C(/Cl)CNC1CCCCCC1. The summed E-state index contributed by atoms with van der Waals surface area (Å²) in [6.07, 6.45) is 8.03. The Morgan fingerprint density at radius 1 is 1.23 bits per heavy atom. The molecule has 0 aromatic rings. The number of rotatable bonds is 3. The van der Waals surface area contributed by atoms with Crippen LogP contribution in [0.1, 0.15) is 38.5 Å². The van der Waals surface area contributed by atoms with Crippen LogP contribution in [0.15, 0.2) is 10.6 Å². The summed E-state index contributed by atoms with van der Waals surface area (Å²) in [5, 5.41) is 4.13. The second-order valence-corrected chi connectivity index (χ2v) is 4.33. The molecular formula is C10H17Cl2N. The fourth-order valence-corrected chi connectivity index (χ4v) is 1.92.